The van der Waals surface area contributed by atoms with Crippen molar-refractivity contribution in [3.8, 4) is 5.75 Å². The van der Waals surface area contributed by atoms with Gasteiger partial charge in [0.15, 0.2) is 6.10 Å². The van der Waals surface area contributed by atoms with E-state index in [9.17, 15) is 14.4 Å². The Kier molecular flexibility index (Phi) is 5.82. The zero-order valence-electron chi connectivity index (χ0n) is 15.3. The molecule has 0 saturated carbocycles. The highest BCUT2D eigenvalue weighted by Crippen LogP contribution is 2.22. The molecule has 0 aliphatic carbocycles. The first-order valence-electron chi connectivity index (χ1n) is 7.96. The number of ether oxygens (including phenoxy) is 3. The van der Waals surface area contributed by atoms with Crippen LogP contribution in [-0.2, 0) is 9.47 Å². The van der Waals surface area contributed by atoms with Crippen LogP contribution in [-0.4, -0.2) is 43.0 Å². The van der Waals surface area contributed by atoms with Crippen molar-refractivity contribution in [2.24, 2.45) is 0 Å². The summed E-state index contributed by atoms with van der Waals surface area (Å²) >= 11 is 0. The normalized spacial score (nSPS) is 11.6. The van der Waals surface area contributed by atoms with Crippen LogP contribution in [0.2, 0.25) is 0 Å². The van der Waals surface area contributed by atoms with Gasteiger partial charge in [0, 0.05) is 5.69 Å². The van der Waals surface area contributed by atoms with Crippen molar-refractivity contribution >= 4 is 17.7 Å². The van der Waals surface area contributed by atoms with E-state index in [-0.39, 0.29) is 5.78 Å². The Morgan fingerprint density at radius 2 is 1.69 bits per heavy atom. The fraction of sp³-hybridized carbons (Fsp3) is 0.316. The molecule has 0 radical (unpaired) electrons. The second-order valence-electron chi connectivity index (χ2n) is 5.76. The summed E-state index contributed by atoms with van der Waals surface area (Å²) in [6.45, 7) is 4.97. The minimum absolute atomic E-state index is 0.291. The lowest BCUT2D eigenvalue weighted by molar-refractivity contribution is 0.0591. The lowest BCUT2D eigenvalue weighted by atomic mass is 10.1. The Labute approximate surface area is 151 Å². The van der Waals surface area contributed by atoms with Gasteiger partial charge in [0.1, 0.15) is 5.75 Å². The average Bonchev–Trinajstić information content (AvgIpc) is 2.94. The molecule has 0 fully saturated rings. The number of hydrogen-bond acceptors (Lipinski definition) is 6. The minimum atomic E-state index is -0.829. The Morgan fingerprint density at radius 1 is 1.04 bits per heavy atom. The summed E-state index contributed by atoms with van der Waals surface area (Å²) in [5, 5.41) is 0. The molecule has 1 aromatic heterocycles. The number of nitrogens with one attached hydrogen (secondary N) is 1. The zero-order valence-corrected chi connectivity index (χ0v) is 15.3. The van der Waals surface area contributed by atoms with Crippen LogP contribution in [0.15, 0.2) is 24.3 Å². The molecule has 0 bridgehead atoms. The van der Waals surface area contributed by atoms with E-state index in [0.29, 0.717) is 33.8 Å². The summed E-state index contributed by atoms with van der Waals surface area (Å²) in [6.07, 6.45) is -0.829. The molecule has 1 N–H and O–H groups in total. The van der Waals surface area contributed by atoms with Crippen LogP contribution in [0.1, 0.15) is 49.4 Å². The molecule has 1 heterocycles. The molecule has 1 atom stereocenters. The maximum absolute atomic E-state index is 12.7. The predicted molar refractivity (Wildman–Crippen MR) is 93.8 cm³/mol. The number of benzene rings is 1. The van der Waals surface area contributed by atoms with Crippen molar-refractivity contribution in [1.29, 1.82) is 0 Å². The Morgan fingerprint density at radius 3 is 2.31 bits per heavy atom. The van der Waals surface area contributed by atoms with Crippen molar-refractivity contribution < 1.29 is 28.6 Å². The zero-order chi connectivity index (χ0) is 19.4. The maximum atomic E-state index is 12.7. The Bertz CT molecular complexity index is 852. The van der Waals surface area contributed by atoms with Gasteiger partial charge < -0.3 is 19.2 Å². The van der Waals surface area contributed by atoms with Gasteiger partial charge in [-0.1, -0.05) is 6.07 Å². The van der Waals surface area contributed by atoms with Gasteiger partial charge in [-0.05, 0) is 44.5 Å². The monoisotopic (exact) mass is 359 g/mol. The van der Waals surface area contributed by atoms with Crippen LogP contribution >= 0.6 is 0 Å². The van der Waals surface area contributed by atoms with Crippen LogP contribution in [0.3, 0.4) is 0 Å². The number of carbonyl (C=O) groups excluding carboxylic acids is 3. The summed E-state index contributed by atoms with van der Waals surface area (Å²) in [7, 11) is 2.58. The molecule has 26 heavy (non-hydrogen) atoms. The highest BCUT2D eigenvalue weighted by Gasteiger charge is 2.26. The number of methoxy groups -OCH3 is 2. The number of ketones is 1. The van der Waals surface area contributed by atoms with Crippen LogP contribution in [0.4, 0.5) is 0 Å². The van der Waals surface area contributed by atoms with Crippen molar-refractivity contribution in [2.45, 2.75) is 26.9 Å². The number of aromatic nitrogens is 1. The van der Waals surface area contributed by atoms with E-state index >= 15 is 0 Å². The number of carbonyl (C=O) groups is 3. The van der Waals surface area contributed by atoms with E-state index in [2.05, 4.69) is 9.72 Å². The molecule has 7 heteroatoms. The third-order valence-electron chi connectivity index (χ3n) is 4.01. The van der Waals surface area contributed by atoms with Gasteiger partial charge in [-0.3, -0.25) is 4.79 Å². The van der Waals surface area contributed by atoms with E-state index in [1.807, 2.05) is 0 Å². The van der Waals surface area contributed by atoms with Crippen LogP contribution in [0.5, 0.6) is 5.75 Å². The van der Waals surface area contributed by atoms with Gasteiger partial charge in [-0.15, -0.1) is 0 Å². The molecule has 0 aliphatic rings. The Hall–Kier alpha value is -3.09. The van der Waals surface area contributed by atoms with Crippen LogP contribution in [0.25, 0.3) is 0 Å². The largest absolute Gasteiger partial charge is 0.482 e. The summed E-state index contributed by atoms with van der Waals surface area (Å²) in [5.41, 5.74) is 2.02. The number of rotatable bonds is 6. The highest BCUT2D eigenvalue weighted by atomic mass is 16.5. The first-order chi connectivity index (χ1) is 12.3. The second kappa shape index (κ2) is 7.86. The van der Waals surface area contributed by atoms with Gasteiger partial charge >= 0.3 is 11.9 Å². The Balaban J connectivity index is 2.23. The molecular weight excluding hydrogens is 338 g/mol. The van der Waals surface area contributed by atoms with Gasteiger partial charge in [0.25, 0.3) is 0 Å². The number of aryl methyl sites for hydroxylation is 1. The topological polar surface area (TPSA) is 94.7 Å². The van der Waals surface area contributed by atoms with Crippen molar-refractivity contribution in [3.63, 3.8) is 0 Å². The van der Waals surface area contributed by atoms with E-state index in [1.165, 1.54) is 20.3 Å². The van der Waals surface area contributed by atoms with Crippen molar-refractivity contribution in [3.05, 3.63) is 52.3 Å². The van der Waals surface area contributed by atoms with E-state index in [4.69, 9.17) is 9.47 Å². The summed E-state index contributed by atoms with van der Waals surface area (Å²) in [4.78, 5) is 39.1. The molecule has 1 aromatic carbocycles. The standard InChI is InChI=1S/C19H21NO6/c1-10-15(19(23)25-5)11(2)20-16(10)17(21)12(3)26-14-8-6-7-13(9-14)18(22)24-4/h6-9,12,20H,1-5H3/t12-/m0/s1. The fourth-order valence-electron chi connectivity index (χ4n) is 2.68. The molecule has 138 valence electrons. The number of aromatic amines is 1. The third kappa shape index (κ3) is 3.77. The summed E-state index contributed by atoms with van der Waals surface area (Å²) < 4.78 is 15.1. The summed E-state index contributed by atoms with van der Waals surface area (Å²) in [5.74, 6) is -0.949. The molecule has 0 amide bonds. The molecular formula is C19H21NO6. The fourth-order valence-corrected chi connectivity index (χ4v) is 2.68. The molecule has 0 aliphatic heterocycles. The van der Waals surface area contributed by atoms with Gasteiger partial charge in [0.05, 0.1) is 31.0 Å². The first kappa shape index (κ1) is 19.2. The molecule has 2 rings (SSSR count). The average molecular weight is 359 g/mol. The number of esters is 2. The quantitative estimate of drug-likeness (QED) is 0.629. The molecule has 0 saturated heterocycles. The smallest absolute Gasteiger partial charge is 0.339 e. The predicted octanol–water partition coefficient (Wildman–Crippen LogP) is 2.85. The van der Waals surface area contributed by atoms with E-state index in [0.717, 1.165) is 0 Å². The SMILES string of the molecule is COC(=O)c1cccc(O[C@@H](C)C(=O)c2[nH]c(C)c(C(=O)OC)c2C)c1. The number of hydrogen-bond donors (Lipinski definition) is 1. The van der Waals surface area contributed by atoms with Crippen molar-refractivity contribution in [1.82, 2.24) is 4.98 Å². The lowest BCUT2D eigenvalue weighted by Crippen LogP contribution is -2.25. The van der Waals surface area contributed by atoms with Crippen molar-refractivity contribution in [2.75, 3.05) is 14.2 Å². The maximum Gasteiger partial charge on any atom is 0.339 e. The number of H-pyrrole nitrogens is 1. The van der Waals surface area contributed by atoms with Crippen LogP contribution < -0.4 is 4.74 Å². The second-order valence-corrected chi connectivity index (χ2v) is 5.76. The van der Waals surface area contributed by atoms with E-state index < -0.39 is 18.0 Å². The lowest BCUT2D eigenvalue weighted by Gasteiger charge is -2.14. The molecule has 2 aromatic rings. The van der Waals surface area contributed by atoms with Gasteiger partial charge in [-0.2, -0.15) is 0 Å². The molecule has 0 unspecified atom stereocenters. The van der Waals surface area contributed by atoms with Gasteiger partial charge in [0.2, 0.25) is 5.78 Å². The summed E-state index contributed by atoms with van der Waals surface area (Å²) in [6, 6.07) is 6.37. The van der Waals surface area contributed by atoms with Gasteiger partial charge in [-0.25, -0.2) is 9.59 Å². The molecule has 7 nitrogen and oxygen atoms in total. The first-order valence-corrected chi connectivity index (χ1v) is 7.96. The third-order valence-corrected chi connectivity index (χ3v) is 4.01. The molecule has 0 spiro atoms. The van der Waals surface area contributed by atoms with E-state index in [1.54, 1.807) is 39.0 Å². The van der Waals surface area contributed by atoms with Crippen LogP contribution in [0, 0.1) is 13.8 Å². The minimum Gasteiger partial charge on any atom is -0.482 e. The number of Topliss-reactive ketones (excluding diaryl/α,β-unsaturated/α-hetero) is 1. The highest BCUT2D eigenvalue weighted by molar-refractivity contribution is 6.03.